The summed E-state index contributed by atoms with van der Waals surface area (Å²) in [6.45, 7) is 27.0. The van der Waals surface area contributed by atoms with Gasteiger partial charge < -0.3 is 64.8 Å². The maximum absolute atomic E-state index is 13.0. The van der Waals surface area contributed by atoms with E-state index in [1.807, 2.05) is 77.8 Å². The van der Waals surface area contributed by atoms with E-state index in [4.69, 9.17) is 8.83 Å². The van der Waals surface area contributed by atoms with Gasteiger partial charge in [0.15, 0.2) is 12.0 Å². The number of thiazole rings is 2. The summed E-state index contributed by atoms with van der Waals surface area (Å²) in [5, 5.41) is 22.5. The molecule has 732 valence electrons. The van der Waals surface area contributed by atoms with E-state index in [1.165, 1.54) is 52.9 Å². The zero-order chi connectivity index (χ0) is 99.3. The Balaban J connectivity index is 0.000000108. The lowest BCUT2D eigenvalue weighted by molar-refractivity contribution is -0.141. The van der Waals surface area contributed by atoms with E-state index in [1.54, 1.807) is 84.0 Å². The summed E-state index contributed by atoms with van der Waals surface area (Å²) in [6.07, 6.45) is 22.7. The molecule has 24 rings (SSSR count). The summed E-state index contributed by atoms with van der Waals surface area (Å²) in [6, 6.07) is 35.4. The van der Waals surface area contributed by atoms with Crippen molar-refractivity contribution in [3.63, 3.8) is 0 Å². The molecule has 0 radical (unpaired) electrons. The van der Waals surface area contributed by atoms with Gasteiger partial charge in [-0.25, -0.2) is 19.5 Å². The van der Waals surface area contributed by atoms with Crippen molar-refractivity contribution in [2.24, 2.45) is 32.5 Å². The third-order valence-corrected chi connectivity index (χ3v) is 32.6. The first-order valence-corrected chi connectivity index (χ1v) is 50.1. The Morgan fingerprint density at radius 1 is 0.394 bits per heavy atom. The SMILES string of the molecule is C=C1CCC2(CCN(C(=O)c3ccc4c(c3)CCC4)C2)C(=O)N1.C=C1CCC2(CCN(C(=O)c3ccc4ncoc4c3)C2)C(=O)N1.C=C1CCC2(CCN(C(=O)c3ccc4sc(CC(C)=O)nc4c3)C2)C(=O)N1.C=C1CCC2(CCN(C(=O)c3cnn4ccccc34)C2)C(=O)N1.C=C1CCC2(CCN(C(=O)c3coc4ccccc34)C2)C(=O)N1.O=C1CCC2(CCN(C(=O)c3ccc4ncsc4c3)C2)C(=O)N1. The summed E-state index contributed by atoms with van der Waals surface area (Å²) < 4.78 is 14.4. The number of carbonyl (C=O) groups excluding carboxylic acids is 14. The van der Waals surface area contributed by atoms with E-state index < -0.39 is 32.5 Å². The number of nitrogens with one attached hydrogen (secondary N) is 6. The number of amides is 13. The van der Waals surface area contributed by atoms with E-state index in [0.717, 1.165) is 159 Å². The van der Waals surface area contributed by atoms with Crippen molar-refractivity contribution in [3.8, 4) is 0 Å². The van der Waals surface area contributed by atoms with Crippen LogP contribution in [0.15, 0.2) is 216 Å². The molecule has 12 saturated heterocycles. The van der Waals surface area contributed by atoms with Crippen molar-refractivity contribution in [1.29, 1.82) is 0 Å². The van der Waals surface area contributed by atoms with Crippen molar-refractivity contribution < 1.29 is 76.0 Å². The van der Waals surface area contributed by atoms with Crippen LogP contribution in [0, 0.1) is 32.5 Å². The summed E-state index contributed by atoms with van der Waals surface area (Å²) >= 11 is 2.98. The summed E-state index contributed by atoms with van der Waals surface area (Å²) in [5.74, 6) is -0.635. The van der Waals surface area contributed by atoms with Gasteiger partial charge in [0, 0.05) is 147 Å². The lowest BCUT2D eigenvalue weighted by Gasteiger charge is -2.33. The second-order valence-corrected chi connectivity index (χ2v) is 42.0. The molecule has 0 saturated carbocycles. The number of likely N-dealkylation sites (tertiary alicyclic amines) is 6. The molecule has 18 heterocycles. The van der Waals surface area contributed by atoms with Crippen LogP contribution in [-0.4, -0.2) is 215 Å². The molecule has 1 aliphatic carbocycles. The predicted octanol–water partition coefficient (Wildman–Crippen LogP) is 13.0. The van der Waals surface area contributed by atoms with Gasteiger partial charge in [0.25, 0.3) is 35.4 Å². The van der Waals surface area contributed by atoms with Crippen LogP contribution in [0.5, 0.6) is 0 Å². The van der Waals surface area contributed by atoms with Gasteiger partial charge in [0.1, 0.15) is 28.2 Å². The Labute approximate surface area is 826 Å². The standard InChI is InChI=1S/C20H21N3O3S.C19H22N2O2.C18H18N2O3.C17H18N4O2.C17H17N3O3.C16H15N3O3S/c1-12-5-6-20(19(26)21-12)7-8-23(11-20)18(25)14-3-4-16-15(10-14)22-17(27-16)9-13(2)24;1-13-7-8-19(18(23)20-13)9-10-21(12-19)17(22)16-6-5-14-3-2-4-15(14)11-16;1-12-6-7-18(17(22)19-12)8-9-20(11-18)16(21)14-10-23-15-5-3-2-4-13(14)15;1-12-5-6-17(16(23)19-12)7-9-20(11-17)15(22)13-10-18-21-8-3-2-4-14(13)21;1-11-4-5-17(16(22)19-11)6-7-20(9-17)15(21)12-2-3-13-14(8-12)23-10-18-13;20-13-3-4-16(15(22)18-13)5-6-19(8-16)14(21)10-1-2-11-12(7-10)23-9-17-11/h3-4,10H,1,5-9,11H2,2H3,(H,21,26);5-6,11H,1-4,7-10,12H2,(H,20,23);2-5,10H,1,6-9,11H2,(H,19,22);2-4,8,10H,1,5-7,9,11H2,(H,19,23);2-3,8,10H,1,4-7,9H2,(H,19,22);1-2,7,9H,3-6,8H2,(H,18,20,22). The van der Waals surface area contributed by atoms with Gasteiger partial charge in [-0.1, -0.05) is 63.2 Å². The molecule has 35 heteroatoms. The maximum atomic E-state index is 13.0. The minimum atomic E-state index is -0.599. The molecular weight excluding hydrogens is 1840 g/mol. The summed E-state index contributed by atoms with van der Waals surface area (Å²) in [7, 11) is 0. The van der Waals surface area contributed by atoms with Crippen LogP contribution in [0.1, 0.15) is 207 Å². The number of pyridine rings is 1. The quantitative estimate of drug-likeness (QED) is 0.0769. The second-order valence-electron chi connectivity index (χ2n) is 40.0. The molecule has 6 spiro atoms. The minimum absolute atomic E-state index is 0.00102. The monoisotopic (exact) mass is 1950 g/mol. The first-order valence-electron chi connectivity index (χ1n) is 48.4. The third kappa shape index (κ3) is 19.2. The average molecular weight is 1960 g/mol. The molecule has 12 aliphatic heterocycles. The molecule has 6 unspecified atom stereocenters. The van der Waals surface area contributed by atoms with E-state index >= 15 is 0 Å². The van der Waals surface area contributed by atoms with Gasteiger partial charge in [0.2, 0.25) is 41.4 Å². The van der Waals surface area contributed by atoms with Crippen LogP contribution >= 0.6 is 22.7 Å². The van der Waals surface area contributed by atoms with Crippen LogP contribution in [0.2, 0.25) is 0 Å². The van der Waals surface area contributed by atoms with Gasteiger partial charge in [-0.3, -0.25) is 72.4 Å². The number of Topliss-reactive ketones (excluding diaryl/α,β-unsaturated/α-hetero) is 1. The number of fused-ring (bicyclic) bond motifs is 6. The number of furan rings is 1. The van der Waals surface area contributed by atoms with Crippen molar-refractivity contribution >= 4 is 153 Å². The molecule has 6 atom stereocenters. The molecule has 142 heavy (non-hydrogen) atoms. The number of benzene rings is 5. The highest BCUT2D eigenvalue weighted by Gasteiger charge is 2.54. The summed E-state index contributed by atoms with van der Waals surface area (Å²) in [5.41, 5.74) is 13.5. The summed E-state index contributed by atoms with van der Waals surface area (Å²) in [4.78, 5) is 197. The normalized spacial score (nSPS) is 24.4. The predicted molar refractivity (Wildman–Crippen MR) is 530 cm³/mol. The van der Waals surface area contributed by atoms with Crippen LogP contribution in [-0.2, 0) is 57.6 Å². The zero-order valence-electron chi connectivity index (χ0n) is 79.2. The van der Waals surface area contributed by atoms with Gasteiger partial charge in [-0.2, -0.15) is 5.10 Å². The lowest BCUT2D eigenvalue weighted by atomic mass is 9.78. The van der Waals surface area contributed by atoms with Crippen LogP contribution < -0.4 is 31.9 Å². The number of hydrogen-bond donors (Lipinski definition) is 6. The van der Waals surface area contributed by atoms with Crippen molar-refractivity contribution in [3.05, 3.63) is 257 Å². The molecule has 33 nitrogen and oxygen atoms in total. The molecule has 11 aromatic rings. The van der Waals surface area contributed by atoms with Crippen LogP contribution in [0.3, 0.4) is 0 Å². The average Bonchev–Trinajstić information content (AvgIpc) is 1.63. The number of oxazole rings is 1. The van der Waals surface area contributed by atoms with E-state index in [-0.39, 0.29) is 82.6 Å². The molecule has 6 N–H and O–H groups in total. The van der Waals surface area contributed by atoms with Crippen molar-refractivity contribution in [2.45, 2.75) is 148 Å². The van der Waals surface area contributed by atoms with E-state index in [2.05, 4.69) is 97.0 Å². The van der Waals surface area contributed by atoms with E-state index in [0.29, 0.717) is 169 Å². The smallest absolute Gasteiger partial charge is 0.257 e. The number of aromatic nitrogens is 5. The Kier molecular flexibility index (Phi) is 26.4. The number of carbonyl (C=O) groups is 14. The fraction of sp³-hybridized carbons (Fsp3) is 0.383. The number of nitrogens with zero attached hydrogens (tertiary/aromatic N) is 11. The fourth-order valence-corrected chi connectivity index (χ4v) is 23.8. The molecule has 13 aliphatic rings. The Morgan fingerprint density at radius 3 is 1.32 bits per heavy atom. The molecule has 6 aromatic heterocycles. The highest BCUT2D eigenvalue weighted by atomic mass is 32.1. The molecule has 13 amide bonds. The number of para-hydroxylation sites is 1. The van der Waals surface area contributed by atoms with Gasteiger partial charge in [0.05, 0.1) is 87.7 Å². The fourth-order valence-electron chi connectivity index (χ4n) is 22.1. The number of aryl methyl sites for hydroxylation is 2. The first-order chi connectivity index (χ1) is 68.3. The molecular formula is C107H111N17O16S2. The Hall–Kier alpha value is -14.7. The highest BCUT2D eigenvalue weighted by molar-refractivity contribution is 7.18. The Bertz CT molecular complexity index is 6870. The topological polar surface area (TPSA) is 413 Å². The van der Waals surface area contributed by atoms with Crippen LogP contribution in [0.4, 0.5) is 0 Å². The zero-order valence-corrected chi connectivity index (χ0v) is 80.8. The van der Waals surface area contributed by atoms with Crippen molar-refractivity contribution in [2.75, 3.05) is 78.5 Å². The lowest BCUT2D eigenvalue weighted by Crippen LogP contribution is -2.50. The third-order valence-electron chi connectivity index (χ3n) is 30.7. The largest absolute Gasteiger partial charge is 0.463 e. The van der Waals surface area contributed by atoms with Crippen molar-refractivity contribution in [1.82, 2.24) is 85.9 Å². The molecule has 12 fully saturated rings. The van der Waals surface area contributed by atoms with Gasteiger partial charge in [-0.05, 0) is 231 Å². The maximum Gasteiger partial charge on any atom is 0.257 e. The Morgan fingerprint density at radius 2 is 0.824 bits per heavy atom. The molecule has 0 bridgehead atoms. The number of rotatable bonds is 8. The van der Waals surface area contributed by atoms with Gasteiger partial charge >= 0.3 is 0 Å². The van der Waals surface area contributed by atoms with Crippen LogP contribution in [0.25, 0.3) is 48.0 Å². The number of piperidine rings is 6. The number of ketones is 1. The minimum Gasteiger partial charge on any atom is -0.463 e. The second kappa shape index (κ2) is 39.0. The number of allylic oxidation sites excluding steroid dienone is 5. The first kappa shape index (κ1) is 96.1. The van der Waals surface area contributed by atoms with Gasteiger partial charge in [-0.15, -0.1) is 22.7 Å². The number of hydrogen-bond acceptors (Lipinski definition) is 22. The molecule has 5 aromatic carbocycles. The highest BCUT2D eigenvalue weighted by Crippen LogP contribution is 2.47. The van der Waals surface area contributed by atoms with E-state index in [9.17, 15) is 67.1 Å². The number of imide groups is 1.